The quantitative estimate of drug-likeness (QED) is 0.509. The van der Waals surface area contributed by atoms with Crippen molar-refractivity contribution in [2.45, 2.75) is 52.1 Å². The van der Waals surface area contributed by atoms with E-state index in [1.165, 1.54) is 23.1 Å². The Labute approximate surface area is 158 Å². The van der Waals surface area contributed by atoms with E-state index in [9.17, 15) is 13.2 Å². The maximum Gasteiger partial charge on any atom is 0.417 e. The molecule has 2 aromatic rings. The molecule has 2 N–H and O–H groups in total. The minimum Gasteiger partial charge on any atom is -0.262 e. The number of anilines is 2. The van der Waals surface area contributed by atoms with Crippen LogP contribution >= 0.6 is 0 Å². The number of hydrogen-bond donors (Lipinski definition) is 1. The fraction of sp³-hybridized carbons (Fsp3) is 0.476. The second-order valence-electron chi connectivity index (χ2n) is 7.66. The van der Waals surface area contributed by atoms with Crippen LogP contribution in [0, 0.1) is 11.8 Å². The number of benzene rings is 1. The molecule has 0 unspecified atom stereocenters. The second-order valence-corrected chi connectivity index (χ2v) is 7.66. The van der Waals surface area contributed by atoms with Crippen molar-refractivity contribution in [3.63, 3.8) is 0 Å². The number of hydrogen-bond acceptors (Lipinski definition) is 3. The van der Waals surface area contributed by atoms with Crippen LogP contribution in [0.4, 0.5) is 24.7 Å². The van der Waals surface area contributed by atoms with Crippen molar-refractivity contribution in [3.8, 4) is 0 Å². The largest absolute Gasteiger partial charge is 0.417 e. The van der Waals surface area contributed by atoms with Crippen molar-refractivity contribution in [2.75, 3.05) is 5.01 Å². The van der Waals surface area contributed by atoms with Gasteiger partial charge < -0.3 is 0 Å². The first-order valence-corrected chi connectivity index (χ1v) is 9.43. The molecule has 1 aromatic heterocycles. The summed E-state index contributed by atoms with van der Waals surface area (Å²) in [6.45, 7) is 6.56. The topological polar surface area (TPSA) is 42.1 Å². The number of aryl methyl sites for hydroxylation is 1. The van der Waals surface area contributed by atoms with Gasteiger partial charge in [0.1, 0.15) is 5.82 Å². The summed E-state index contributed by atoms with van der Waals surface area (Å²) >= 11 is 0. The Morgan fingerprint density at radius 1 is 1.22 bits per heavy atom. The summed E-state index contributed by atoms with van der Waals surface area (Å²) in [5, 5.41) is 1.40. The summed E-state index contributed by atoms with van der Waals surface area (Å²) < 4.78 is 38.3. The van der Waals surface area contributed by atoms with Gasteiger partial charge in [-0.1, -0.05) is 39.3 Å². The van der Waals surface area contributed by atoms with Crippen molar-refractivity contribution < 1.29 is 13.2 Å². The molecule has 1 aliphatic carbocycles. The van der Waals surface area contributed by atoms with E-state index >= 15 is 0 Å². The molecule has 146 valence electrons. The van der Waals surface area contributed by atoms with Crippen LogP contribution in [0.25, 0.3) is 0 Å². The summed E-state index contributed by atoms with van der Waals surface area (Å²) in [6.07, 6.45) is -0.599. The number of nitrogens with zero attached hydrogens (tertiary/aromatic N) is 2. The van der Waals surface area contributed by atoms with E-state index in [4.69, 9.17) is 5.84 Å². The van der Waals surface area contributed by atoms with E-state index in [-0.39, 0.29) is 0 Å². The predicted octanol–water partition coefficient (Wildman–Crippen LogP) is 5.82. The number of rotatable bonds is 6. The van der Waals surface area contributed by atoms with E-state index in [0.29, 0.717) is 23.6 Å². The normalized spacial score (nSPS) is 19.4. The lowest BCUT2D eigenvalue weighted by molar-refractivity contribution is -0.137. The van der Waals surface area contributed by atoms with Crippen molar-refractivity contribution >= 4 is 11.5 Å². The van der Waals surface area contributed by atoms with E-state index in [1.807, 2.05) is 0 Å². The van der Waals surface area contributed by atoms with Gasteiger partial charge in [0.2, 0.25) is 0 Å². The summed E-state index contributed by atoms with van der Waals surface area (Å²) in [5.74, 6) is 8.44. The maximum atomic E-state index is 12.8. The molecule has 3 rings (SSSR count). The zero-order valence-electron chi connectivity index (χ0n) is 15.9. The Hall–Kier alpha value is -2.08. The van der Waals surface area contributed by atoms with E-state index < -0.39 is 11.7 Å². The average molecular weight is 377 g/mol. The third-order valence-electron chi connectivity index (χ3n) is 5.33. The lowest BCUT2D eigenvalue weighted by Crippen LogP contribution is -2.27. The van der Waals surface area contributed by atoms with E-state index in [0.717, 1.165) is 36.4 Å². The van der Waals surface area contributed by atoms with E-state index in [2.05, 4.69) is 44.0 Å². The first kappa shape index (κ1) is 19.7. The molecule has 1 heterocycles. The highest BCUT2D eigenvalue weighted by Gasteiger charge is 2.40. The number of aromatic nitrogens is 1. The second kappa shape index (κ2) is 7.50. The molecule has 27 heavy (non-hydrogen) atoms. The lowest BCUT2D eigenvalue weighted by Gasteiger charge is -2.22. The van der Waals surface area contributed by atoms with Gasteiger partial charge >= 0.3 is 6.18 Å². The molecular weight excluding hydrogens is 351 g/mol. The molecule has 0 radical (unpaired) electrons. The average Bonchev–Trinajstić information content (AvgIpc) is 3.42. The highest BCUT2D eigenvalue weighted by Crippen LogP contribution is 2.52. The van der Waals surface area contributed by atoms with E-state index in [1.54, 1.807) is 0 Å². The Bertz CT molecular complexity index is 784. The van der Waals surface area contributed by atoms with Crippen LogP contribution in [0.5, 0.6) is 0 Å². The summed E-state index contributed by atoms with van der Waals surface area (Å²) in [5.41, 5.74) is 2.36. The first-order chi connectivity index (χ1) is 12.7. The number of alkyl halides is 3. The van der Waals surface area contributed by atoms with Crippen LogP contribution in [0.2, 0.25) is 0 Å². The molecule has 1 fully saturated rings. The van der Waals surface area contributed by atoms with Crippen molar-refractivity contribution in [2.24, 2.45) is 17.7 Å². The molecule has 0 amide bonds. The molecule has 0 saturated heterocycles. The smallest absolute Gasteiger partial charge is 0.262 e. The van der Waals surface area contributed by atoms with Gasteiger partial charge in [-0.25, -0.2) is 10.8 Å². The molecule has 0 spiro atoms. The Morgan fingerprint density at radius 2 is 1.96 bits per heavy atom. The van der Waals surface area contributed by atoms with Crippen LogP contribution in [0.3, 0.4) is 0 Å². The third kappa shape index (κ3) is 4.26. The highest BCUT2D eigenvalue weighted by molar-refractivity contribution is 5.64. The van der Waals surface area contributed by atoms with Gasteiger partial charge in [-0.15, -0.1) is 0 Å². The first-order valence-electron chi connectivity index (χ1n) is 9.43. The molecular formula is C21H26F3N3. The number of hydrazine groups is 1. The Morgan fingerprint density at radius 3 is 2.48 bits per heavy atom. The van der Waals surface area contributed by atoms with Gasteiger partial charge in [-0.2, -0.15) is 13.2 Å². The van der Waals surface area contributed by atoms with Gasteiger partial charge in [-0.3, -0.25) is 5.01 Å². The van der Waals surface area contributed by atoms with Crippen LogP contribution < -0.4 is 10.9 Å². The van der Waals surface area contributed by atoms with Crippen LogP contribution in [-0.4, -0.2) is 4.98 Å². The summed E-state index contributed by atoms with van der Waals surface area (Å²) in [7, 11) is 0. The molecule has 3 nitrogen and oxygen atoms in total. The molecule has 6 heteroatoms. The predicted molar refractivity (Wildman–Crippen MR) is 102 cm³/mol. The van der Waals surface area contributed by atoms with Gasteiger partial charge in [0.15, 0.2) is 0 Å². The van der Waals surface area contributed by atoms with Crippen LogP contribution in [0.1, 0.15) is 56.2 Å². The van der Waals surface area contributed by atoms with Crippen molar-refractivity contribution in [1.82, 2.24) is 4.98 Å². The Balaban J connectivity index is 1.91. The summed E-state index contributed by atoms with van der Waals surface area (Å²) in [4.78, 5) is 3.94. The van der Waals surface area contributed by atoms with Gasteiger partial charge in [-0.05, 0) is 59.9 Å². The van der Waals surface area contributed by atoms with Gasteiger partial charge in [0, 0.05) is 6.20 Å². The minimum atomic E-state index is -4.41. The highest BCUT2D eigenvalue weighted by atomic mass is 19.4. The monoisotopic (exact) mass is 377 g/mol. The zero-order chi connectivity index (χ0) is 19.8. The SMILES string of the molecule is CCCc1ccc([C@H]2C[C@@H]2C(C)C)cc1N(N)c1ccc(C(F)(F)F)cn1. The van der Waals surface area contributed by atoms with Crippen molar-refractivity contribution in [3.05, 3.63) is 53.2 Å². The third-order valence-corrected chi connectivity index (χ3v) is 5.33. The molecule has 0 aliphatic heterocycles. The molecule has 2 atom stereocenters. The molecule has 0 bridgehead atoms. The minimum absolute atomic E-state index is 0.300. The summed E-state index contributed by atoms with van der Waals surface area (Å²) in [6, 6.07) is 8.67. The molecule has 1 aliphatic rings. The number of halogens is 3. The number of nitrogens with two attached hydrogens (primary N) is 1. The van der Waals surface area contributed by atoms with Crippen LogP contribution in [0.15, 0.2) is 36.5 Å². The number of pyridine rings is 1. The lowest BCUT2D eigenvalue weighted by atomic mass is 9.99. The zero-order valence-corrected chi connectivity index (χ0v) is 15.9. The molecule has 1 aromatic carbocycles. The van der Waals surface area contributed by atoms with Gasteiger partial charge in [0.05, 0.1) is 11.3 Å². The fourth-order valence-electron chi connectivity index (χ4n) is 3.67. The molecule has 1 saturated carbocycles. The fourth-order valence-corrected chi connectivity index (χ4v) is 3.67. The standard InChI is InChI=1S/C21H26F3N3/c1-4-5-14-6-7-15(18-11-17(18)13(2)3)10-19(14)27(25)20-9-8-16(12-26-20)21(22,23)24/h6-10,12-13,17-18H,4-5,11,25H2,1-3H3/t17-,18-/m1/s1. The maximum absolute atomic E-state index is 12.8. The van der Waals surface area contributed by atoms with Gasteiger partial charge in [0.25, 0.3) is 0 Å². The van der Waals surface area contributed by atoms with Crippen molar-refractivity contribution in [1.29, 1.82) is 0 Å². The Kier molecular flexibility index (Phi) is 5.47. The van der Waals surface area contributed by atoms with Crippen LogP contribution in [-0.2, 0) is 12.6 Å².